The van der Waals surface area contributed by atoms with Crippen molar-refractivity contribution in [2.75, 3.05) is 14.1 Å². The molecule has 4 aliphatic rings. The van der Waals surface area contributed by atoms with E-state index in [-0.39, 0.29) is 17.0 Å². The Kier molecular flexibility index (Phi) is 7.33. The molecule has 4 fully saturated rings. The van der Waals surface area contributed by atoms with Crippen LogP contribution in [0.1, 0.15) is 96.3 Å². The highest BCUT2D eigenvalue weighted by Gasteiger charge is 2.45. The van der Waals surface area contributed by atoms with Crippen molar-refractivity contribution in [2.45, 2.75) is 108 Å². The van der Waals surface area contributed by atoms with E-state index < -0.39 is 0 Å². The summed E-state index contributed by atoms with van der Waals surface area (Å²) in [5.41, 5.74) is 1.97. The van der Waals surface area contributed by atoms with Crippen LogP contribution in [0.5, 0.6) is 0 Å². The van der Waals surface area contributed by atoms with Gasteiger partial charge in [0, 0.05) is 12.8 Å². The highest BCUT2D eigenvalue weighted by Crippen LogP contribution is 2.44. The van der Waals surface area contributed by atoms with Gasteiger partial charge in [0.05, 0.1) is 26.2 Å². The molecule has 2 saturated heterocycles. The number of halogens is 1. The molecule has 2 heterocycles. The smallest absolute Gasteiger partial charge is 0.0894 e. The zero-order valence-corrected chi connectivity index (χ0v) is 19.0. The summed E-state index contributed by atoms with van der Waals surface area (Å²) in [5, 5.41) is 0. The van der Waals surface area contributed by atoms with Gasteiger partial charge in [-0.1, -0.05) is 50.2 Å². The lowest BCUT2D eigenvalue weighted by Crippen LogP contribution is -3.00. The normalized spacial score (nSPS) is 35.4. The number of nitrogens with zero attached hydrogens (tertiary/aromatic N) is 1. The van der Waals surface area contributed by atoms with Crippen LogP contribution in [0.4, 0.5) is 0 Å². The topological polar surface area (TPSA) is 0 Å². The summed E-state index contributed by atoms with van der Waals surface area (Å²) in [5.74, 6) is 2.82. The van der Waals surface area contributed by atoms with Gasteiger partial charge in [0.15, 0.2) is 0 Å². The molecule has 0 amide bonds. The summed E-state index contributed by atoms with van der Waals surface area (Å²) < 4.78 is 1.33. The molecule has 0 aromatic carbocycles. The van der Waals surface area contributed by atoms with E-state index in [4.69, 9.17) is 0 Å². The fraction of sp³-hybridized carbons (Fsp3) is 0.917. The molecule has 0 radical (unpaired) electrons. The standard InChI is InChI=1S/C24H42N.BrH/c1-25(2)22-14-9-15-23(25)17-19(16-22)18-24(20-10-5-3-6-11-20)21-12-7-4-8-13-21;/h18-23H,3-17H2,1-2H3;1H/q+1;/p-1. The van der Waals surface area contributed by atoms with Crippen molar-refractivity contribution in [1.82, 2.24) is 0 Å². The lowest BCUT2D eigenvalue weighted by Gasteiger charge is -2.53. The van der Waals surface area contributed by atoms with Crippen LogP contribution in [0.2, 0.25) is 0 Å². The maximum atomic E-state index is 2.90. The monoisotopic (exact) mass is 423 g/mol. The van der Waals surface area contributed by atoms with Crippen LogP contribution in [0, 0.1) is 17.8 Å². The largest absolute Gasteiger partial charge is 1.00 e. The van der Waals surface area contributed by atoms with E-state index in [9.17, 15) is 0 Å². The van der Waals surface area contributed by atoms with Gasteiger partial charge >= 0.3 is 0 Å². The molecule has 26 heavy (non-hydrogen) atoms. The first-order valence-corrected chi connectivity index (χ1v) is 11.7. The van der Waals surface area contributed by atoms with E-state index in [0.717, 1.165) is 29.8 Å². The molecule has 4 rings (SSSR count). The Morgan fingerprint density at radius 2 is 1.12 bits per heavy atom. The first kappa shape index (κ1) is 20.9. The Morgan fingerprint density at radius 3 is 1.58 bits per heavy atom. The van der Waals surface area contributed by atoms with E-state index in [0.29, 0.717) is 0 Å². The average molecular weight is 425 g/mol. The number of fused-ring (bicyclic) bond motifs is 2. The summed E-state index contributed by atoms with van der Waals surface area (Å²) in [6.07, 6.45) is 25.3. The van der Waals surface area contributed by atoms with Gasteiger partial charge in [-0.15, -0.1) is 0 Å². The Bertz CT molecular complexity index is 435. The van der Waals surface area contributed by atoms with Crippen molar-refractivity contribution in [2.24, 2.45) is 17.8 Å². The van der Waals surface area contributed by atoms with Gasteiger partial charge in [0.25, 0.3) is 0 Å². The highest BCUT2D eigenvalue weighted by atomic mass is 79.9. The summed E-state index contributed by atoms with van der Waals surface area (Å²) in [7, 11) is 5.05. The predicted molar refractivity (Wildman–Crippen MR) is 107 cm³/mol. The zero-order chi connectivity index (χ0) is 17.3. The minimum Gasteiger partial charge on any atom is -1.00 e. The Balaban J connectivity index is 0.00000196. The molecule has 1 nitrogen and oxygen atoms in total. The number of allylic oxidation sites excluding steroid dienone is 2. The van der Waals surface area contributed by atoms with Crippen LogP contribution in [-0.2, 0) is 0 Å². The summed E-state index contributed by atoms with van der Waals surface area (Å²) in [6.45, 7) is 0. The zero-order valence-electron chi connectivity index (χ0n) is 17.4. The van der Waals surface area contributed by atoms with Crippen LogP contribution < -0.4 is 17.0 Å². The van der Waals surface area contributed by atoms with Crippen LogP contribution >= 0.6 is 0 Å². The SMILES string of the molecule is C[N+]1(C)C2CCCC1CC(C=C(C1CCCCC1)C1CCCCC1)C2.[Br-]. The van der Waals surface area contributed by atoms with Crippen molar-refractivity contribution in [1.29, 1.82) is 0 Å². The third kappa shape index (κ3) is 4.43. The fourth-order valence-corrected chi connectivity index (χ4v) is 7.01. The van der Waals surface area contributed by atoms with E-state index in [1.165, 1.54) is 101 Å². The quantitative estimate of drug-likeness (QED) is 0.481. The number of piperidine rings is 2. The summed E-state index contributed by atoms with van der Waals surface area (Å²) >= 11 is 0. The molecule has 2 saturated carbocycles. The molecule has 150 valence electrons. The first-order valence-electron chi connectivity index (χ1n) is 11.7. The number of hydrogen-bond acceptors (Lipinski definition) is 0. The average Bonchev–Trinajstić information content (AvgIpc) is 2.61. The van der Waals surface area contributed by atoms with Crippen molar-refractivity contribution in [3.05, 3.63) is 11.6 Å². The lowest BCUT2D eigenvalue weighted by molar-refractivity contribution is -0.950. The van der Waals surface area contributed by atoms with Gasteiger partial charge in [-0.3, -0.25) is 0 Å². The fourth-order valence-electron chi connectivity index (χ4n) is 7.01. The van der Waals surface area contributed by atoms with Crippen molar-refractivity contribution in [3.8, 4) is 0 Å². The second-order valence-electron chi connectivity index (χ2n) is 10.4. The summed E-state index contributed by atoms with van der Waals surface area (Å²) in [6, 6.07) is 1.88. The maximum absolute atomic E-state index is 2.90. The van der Waals surface area contributed by atoms with Crippen molar-refractivity contribution < 1.29 is 21.5 Å². The Morgan fingerprint density at radius 1 is 0.654 bits per heavy atom. The second kappa shape index (κ2) is 9.12. The second-order valence-corrected chi connectivity index (χ2v) is 10.4. The number of hydrogen-bond donors (Lipinski definition) is 0. The molecule has 0 spiro atoms. The molecule has 2 unspecified atom stereocenters. The van der Waals surface area contributed by atoms with Crippen LogP contribution in [0.25, 0.3) is 0 Å². The van der Waals surface area contributed by atoms with Gasteiger partial charge in [0.2, 0.25) is 0 Å². The lowest BCUT2D eigenvalue weighted by atomic mass is 9.70. The number of quaternary nitrogens is 1. The molecule has 2 heteroatoms. The van der Waals surface area contributed by atoms with Gasteiger partial charge < -0.3 is 21.5 Å². The van der Waals surface area contributed by atoms with Crippen LogP contribution in [-0.4, -0.2) is 30.7 Å². The molecule has 0 aromatic heterocycles. The highest BCUT2D eigenvalue weighted by molar-refractivity contribution is 5.15. The predicted octanol–water partition coefficient (Wildman–Crippen LogP) is 3.48. The van der Waals surface area contributed by atoms with E-state index in [1.54, 1.807) is 0 Å². The first-order chi connectivity index (χ1) is 12.1. The molecule has 0 aromatic rings. The minimum absolute atomic E-state index is 0. The maximum Gasteiger partial charge on any atom is 0.0894 e. The van der Waals surface area contributed by atoms with Crippen LogP contribution in [0.3, 0.4) is 0 Å². The van der Waals surface area contributed by atoms with E-state index in [1.807, 2.05) is 5.57 Å². The molecule has 2 atom stereocenters. The van der Waals surface area contributed by atoms with Gasteiger partial charge in [-0.05, 0) is 62.7 Å². The molecule has 2 aliphatic carbocycles. The van der Waals surface area contributed by atoms with Gasteiger partial charge in [0.1, 0.15) is 0 Å². The van der Waals surface area contributed by atoms with Gasteiger partial charge in [-0.25, -0.2) is 0 Å². The molecule has 0 N–H and O–H groups in total. The Labute approximate surface area is 173 Å². The van der Waals surface area contributed by atoms with Crippen molar-refractivity contribution in [3.63, 3.8) is 0 Å². The molecular formula is C24H42BrN. The van der Waals surface area contributed by atoms with Crippen LogP contribution in [0.15, 0.2) is 11.6 Å². The molecular weight excluding hydrogens is 382 g/mol. The minimum atomic E-state index is 0. The molecule has 2 aliphatic heterocycles. The van der Waals surface area contributed by atoms with E-state index >= 15 is 0 Å². The summed E-state index contributed by atoms with van der Waals surface area (Å²) in [4.78, 5) is 0. The third-order valence-electron chi connectivity index (χ3n) is 8.69. The van der Waals surface area contributed by atoms with Crippen molar-refractivity contribution >= 4 is 0 Å². The molecule has 2 bridgehead atoms. The van der Waals surface area contributed by atoms with E-state index in [2.05, 4.69) is 20.2 Å². The van der Waals surface area contributed by atoms with Gasteiger partial charge in [-0.2, -0.15) is 0 Å². The number of rotatable bonds is 3. The Hall–Kier alpha value is 0.180. The third-order valence-corrected chi connectivity index (χ3v) is 8.69.